The number of pyridine rings is 1. The van der Waals surface area contributed by atoms with Crippen molar-refractivity contribution in [3.8, 4) is 0 Å². The molecule has 1 aromatic rings. The first kappa shape index (κ1) is 9.67. The molecule has 1 unspecified atom stereocenters. The molecule has 1 aromatic heterocycles. The van der Waals surface area contributed by atoms with Crippen LogP contribution in [0, 0.1) is 0 Å². The standard InChI is InChI=1S/C9H12N2O2/c1-7(12)9(13)11(2)8-3-5-10-6-4-8/h3-7,12H,1-2H3. The molecule has 1 N–H and O–H groups in total. The quantitative estimate of drug-likeness (QED) is 0.717. The van der Waals surface area contributed by atoms with Gasteiger partial charge < -0.3 is 10.0 Å². The van der Waals surface area contributed by atoms with E-state index < -0.39 is 6.10 Å². The van der Waals surface area contributed by atoms with E-state index in [9.17, 15) is 4.79 Å². The molecule has 0 saturated carbocycles. The van der Waals surface area contributed by atoms with Crippen molar-refractivity contribution >= 4 is 11.6 Å². The Balaban J connectivity index is 2.80. The van der Waals surface area contributed by atoms with Gasteiger partial charge in [-0.05, 0) is 19.1 Å². The summed E-state index contributed by atoms with van der Waals surface area (Å²) in [5.74, 6) is -0.328. The maximum Gasteiger partial charge on any atom is 0.255 e. The van der Waals surface area contributed by atoms with Gasteiger partial charge in [-0.1, -0.05) is 0 Å². The highest BCUT2D eigenvalue weighted by Crippen LogP contribution is 2.10. The summed E-state index contributed by atoms with van der Waals surface area (Å²) in [4.78, 5) is 16.5. The van der Waals surface area contributed by atoms with Crippen LogP contribution in [0.3, 0.4) is 0 Å². The van der Waals surface area contributed by atoms with E-state index in [2.05, 4.69) is 4.98 Å². The molecule has 1 rings (SSSR count). The molecule has 0 aliphatic heterocycles. The molecule has 1 amide bonds. The first-order valence-electron chi connectivity index (χ1n) is 3.98. The van der Waals surface area contributed by atoms with Crippen LogP contribution >= 0.6 is 0 Å². The number of nitrogens with zero attached hydrogens (tertiary/aromatic N) is 2. The lowest BCUT2D eigenvalue weighted by molar-refractivity contribution is -0.125. The van der Waals surface area contributed by atoms with Gasteiger partial charge in [0.05, 0.1) is 0 Å². The van der Waals surface area contributed by atoms with Crippen molar-refractivity contribution in [1.29, 1.82) is 0 Å². The zero-order valence-corrected chi connectivity index (χ0v) is 7.64. The van der Waals surface area contributed by atoms with Crippen molar-refractivity contribution in [2.75, 3.05) is 11.9 Å². The normalized spacial score (nSPS) is 12.2. The largest absolute Gasteiger partial charge is 0.384 e. The predicted molar refractivity (Wildman–Crippen MR) is 49.3 cm³/mol. The number of hydrogen-bond acceptors (Lipinski definition) is 3. The maximum atomic E-state index is 11.3. The van der Waals surface area contributed by atoms with Gasteiger partial charge in [0.25, 0.3) is 5.91 Å². The number of carbonyl (C=O) groups excluding carboxylic acids is 1. The molecule has 1 atom stereocenters. The Morgan fingerprint density at radius 1 is 1.54 bits per heavy atom. The van der Waals surface area contributed by atoms with Crippen molar-refractivity contribution < 1.29 is 9.90 Å². The molecule has 0 aliphatic carbocycles. The highest BCUT2D eigenvalue weighted by Gasteiger charge is 2.15. The summed E-state index contributed by atoms with van der Waals surface area (Å²) in [6, 6.07) is 3.42. The lowest BCUT2D eigenvalue weighted by Crippen LogP contribution is -2.34. The SMILES string of the molecule is CC(O)C(=O)N(C)c1ccncc1. The van der Waals surface area contributed by atoms with Crippen LogP contribution in [0.1, 0.15) is 6.92 Å². The fraction of sp³-hybridized carbons (Fsp3) is 0.333. The molecule has 0 bridgehead atoms. The zero-order valence-electron chi connectivity index (χ0n) is 7.64. The third-order valence-electron chi connectivity index (χ3n) is 1.74. The van der Waals surface area contributed by atoms with Crippen LogP contribution in [0.25, 0.3) is 0 Å². The van der Waals surface area contributed by atoms with E-state index in [1.807, 2.05) is 0 Å². The lowest BCUT2D eigenvalue weighted by Gasteiger charge is -2.18. The van der Waals surface area contributed by atoms with E-state index in [0.29, 0.717) is 0 Å². The fourth-order valence-electron chi connectivity index (χ4n) is 0.975. The summed E-state index contributed by atoms with van der Waals surface area (Å²) in [5.41, 5.74) is 0.723. The number of aliphatic hydroxyl groups is 1. The van der Waals surface area contributed by atoms with Crippen molar-refractivity contribution in [3.63, 3.8) is 0 Å². The van der Waals surface area contributed by atoms with Crippen LogP contribution in [-0.2, 0) is 4.79 Å². The van der Waals surface area contributed by atoms with Crippen LogP contribution in [-0.4, -0.2) is 29.1 Å². The second-order valence-corrected chi connectivity index (χ2v) is 2.78. The average Bonchev–Trinajstić information content (AvgIpc) is 2.17. The van der Waals surface area contributed by atoms with Gasteiger partial charge in [-0.25, -0.2) is 0 Å². The Labute approximate surface area is 76.8 Å². The summed E-state index contributed by atoms with van der Waals surface area (Å²) >= 11 is 0. The fourth-order valence-corrected chi connectivity index (χ4v) is 0.975. The molecule has 70 valence electrons. The van der Waals surface area contributed by atoms with Crippen LogP contribution < -0.4 is 4.90 Å². The van der Waals surface area contributed by atoms with Crippen molar-refractivity contribution in [1.82, 2.24) is 4.98 Å². The predicted octanol–water partition coefficient (Wildman–Crippen LogP) is 0.425. The number of anilines is 1. The molecule has 0 radical (unpaired) electrons. The van der Waals surface area contributed by atoms with E-state index in [4.69, 9.17) is 5.11 Å². The number of rotatable bonds is 2. The van der Waals surface area contributed by atoms with Gasteiger partial charge in [-0.3, -0.25) is 9.78 Å². The number of carbonyl (C=O) groups is 1. The van der Waals surface area contributed by atoms with Gasteiger partial charge in [0.1, 0.15) is 6.10 Å². The van der Waals surface area contributed by atoms with Gasteiger partial charge in [-0.15, -0.1) is 0 Å². The van der Waals surface area contributed by atoms with E-state index in [0.717, 1.165) is 5.69 Å². The number of amides is 1. The highest BCUT2D eigenvalue weighted by atomic mass is 16.3. The van der Waals surface area contributed by atoms with E-state index in [1.165, 1.54) is 11.8 Å². The number of aliphatic hydroxyl groups excluding tert-OH is 1. The molecule has 4 nitrogen and oxygen atoms in total. The monoisotopic (exact) mass is 180 g/mol. The molecule has 13 heavy (non-hydrogen) atoms. The maximum absolute atomic E-state index is 11.3. The van der Waals surface area contributed by atoms with Gasteiger partial charge in [0.2, 0.25) is 0 Å². The Morgan fingerprint density at radius 2 is 2.08 bits per heavy atom. The van der Waals surface area contributed by atoms with Crippen molar-refractivity contribution in [2.24, 2.45) is 0 Å². The Hall–Kier alpha value is -1.42. The van der Waals surface area contributed by atoms with Gasteiger partial charge >= 0.3 is 0 Å². The van der Waals surface area contributed by atoms with Crippen molar-refractivity contribution in [2.45, 2.75) is 13.0 Å². The van der Waals surface area contributed by atoms with Crippen LogP contribution in [0.2, 0.25) is 0 Å². The second-order valence-electron chi connectivity index (χ2n) is 2.78. The summed E-state index contributed by atoms with van der Waals surface area (Å²) in [6.07, 6.45) is 2.22. The Bertz CT molecular complexity index is 285. The van der Waals surface area contributed by atoms with Crippen LogP contribution in [0.15, 0.2) is 24.5 Å². The zero-order chi connectivity index (χ0) is 9.84. The molecule has 0 fully saturated rings. The van der Waals surface area contributed by atoms with Crippen LogP contribution in [0.4, 0.5) is 5.69 Å². The lowest BCUT2D eigenvalue weighted by atomic mass is 10.3. The number of hydrogen-bond donors (Lipinski definition) is 1. The van der Waals surface area contributed by atoms with E-state index >= 15 is 0 Å². The van der Waals surface area contributed by atoms with E-state index in [1.54, 1.807) is 31.6 Å². The summed E-state index contributed by atoms with van der Waals surface area (Å²) in [7, 11) is 1.62. The second kappa shape index (κ2) is 4.00. The topological polar surface area (TPSA) is 53.4 Å². The van der Waals surface area contributed by atoms with Gasteiger partial charge in [-0.2, -0.15) is 0 Å². The summed E-state index contributed by atoms with van der Waals surface area (Å²) < 4.78 is 0. The molecule has 4 heteroatoms. The minimum Gasteiger partial charge on any atom is -0.384 e. The highest BCUT2D eigenvalue weighted by molar-refractivity contribution is 5.95. The van der Waals surface area contributed by atoms with E-state index in [-0.39, 0.29) is 5.91 Å². The molecule has 0 saturated heterocycles. The molecular formula is C9H12N2O2. The molecule has 0 aliphatic rings. The smallest absolute Gasteiger partial charge is 0.255 e. The van der Waals surface area contributed by atoms with Gasteiger partial charge in [0, 0.05) is 25.1 Å². The Morgan fingerprint density at radius 3 is 2.54 bits per heavy atom. The van der Waals surface area contributed by atoms with Crippen molar-refractivity contribution in [3.05, 3.63) is 24.5 Å². The minimum absolute atomic E-state index is 0.328. The molecule has 0 spiro atoms. The number of aromatic nitrogens is 1. The first-order chi connectivity index (χ1) is 6.13. The minimum atomic E-state index is -0.974. The molecular weight excluding hydrogens is 168 g/mol. The molecule has 0 aromatic carbocycles. The summed E-state index contributed by atoms with van der Waals surface area (Å²) in [6.45, 7) is 1.44. The third kappa shape index (κ3) is 2.26. The van der Waals surface area contributed by atoms with Crippen LogP contribution in [0.5, 0.6) is 0 Å². The summed E-state index contributed by atoms with van der Waals surface area (Å²) in [5, 5.41) is 9.05. The Kier molecular flexibility index (Phi) is 2.97. The molecule has 1 heterocycles. The van der Waals surface area contributed by atoms with Gasteiger partial charge in [0.15, 0.2) is 0 Å². The number of likely N-dealkylation sites (N-methyl/N-ethyl adjacent to an activating group) is 1. The third-order valence-corrected chi connectivity index (χ3v) is 1.74. The first-order valence-corrected chi connectivity index (χ1v) is 3.98. The average molecular weight is 180 g/mol.